The van der Waals surface area contributed by atoms with Crippen LogP contribution in [0.4, 0.5) is 4.79 Å². The van der Waals surface area contributed by atoms with E-state index in [0.29, 0.717) is 12.4 Å². The highest BCUT2D eigenvalue weighted by molar-refractivity contribution is 6.13. The molecule has 4 rings (SSSR count). The highest BCUT2D eigenvalue weighted by Gasteiger charge is 2.30. The van der Waals surface area contributed by atoms with Gasteiger partial charge in [0.15, 0.2) is 0 Å². The number of carbonyl (C=O) groups is 2. The summed E-state index contributed by atoms with van der Waals surface area (Å²) in [4.78, 5) is 24.8. The summed E-state index contributed by atoms with van der Waals surface area (Å²) < 4.78 is 6.05. The lowest BCUT2D eigenvalue weighted by atomic mass is 10.1. The molecule has 27 heavy (non-hydrogen) atoms. The first-order valence-electron chi connectivity index (χ1n) is 8.63. The maximum atomic E-state index is 12.1. The minimum Gasteiger partial charge on any atom is -0.488 e. The van der Waals surface area contributed by atoms with Crippen LogP contribution >= 0.6 is 0 Å². The maximum absolute atomic E-state index is 12.1. The number of carbonyl (C=O) groups excluding carboxylic acids is 2. The van der Waals surface area contributed by atoms with Crippen molar-refractivity contribution in [2.24, 2.45) is 0 Å². The van der Waals surface area contributed by atoms with E-state index in [0.717, 1.165) is 26.8 Å². The van der Waals surface area contributed by atoms with Gasteiger partial charge in [0.1, 0.15) is 18.1 Å². The molecule has 0 bridgehead atoms. The fourth-order valence-corrected chi connectivity index (χ4v) is 3.08. The fraction of sp³-hybridized carbons (Fsp3) is 0.0909. The maximum Gasteiger partial charge on any atom is 0.328 e. The van der Waals surface area contributed by atoms with Gasteiger partial charge in [-0.3, -0.25) is 9.69 Å². The van der Waals surface area contributed by atoms with Crippen LogP contribution in [0, 0.1) is 0 Å². The second-order valence-corrected chi connectivity index (χ2v) is 6.32. The van der Waals surface area contributed by atoms with E-state index >= 15 is 0 Å². The number of hydrogen-bond donors (Lipinski definition) is 1. The first-order valence-corrected chi connectivity index (χ1v) is 8.63. The summed E-state index contributed by atoms with van der Waals surface area (Å²) in [5.41, 5.74) is 2.06. The molecule has 0 saturated carbocycles. The molecule has 0 radical (unpaired) electrons. The molecule has 1 N–H and O–H groups in total. The van der Waals surface area contributed by atoms with Crippen LogP contribution in [0.5, 0.6) is 5.75 Å². The Morgan fingerprint density at radius 3 is 2.52 bits per heavy atom. The number of fused-ring (bicyclic) bond motifs is 1. The van der Waals surface area contributed by atoms with E-state index in [4.69, 9.17) is 4.74 Å². The van der Waals surface area contributed by atoms with Crippen molar-refractivity contribution in [2.45, 2.75) is 6.61 Å². The van der Waals surface area contributed by atoms with Gasteiger partial charge >= 0.3 is 6.03 Å². The number of rotatable bonds is 4. The van der Waals surface area contributed by atoms with Crippen molar-refractivity contribution in [1.82, 2.24) is 10.2 Å². The van der Waals surface area contributed by atoms with Crippen LogP contribution in [0.1, 0.15) is 11.1 Å². The second-order valence-electron chi connectivity index (χ2n) is 6.32. The zero-order valence-corrected chi connectivity index (χ0v) is 14.8. The first kappa shape index (κ1) is 16.8. The number of imide groups is 1. The van der Waals surface area contributed by atoms with Gasteiger partial charge in [-0.25, -0.2) is 4.79 Å². The summed E-state index contributed by atoms with van der Waals surface area (Å²) in [6.45, 7) is 0.405. The Bertz CT molecular complexity index is 1070. The molecule has 0 spiro atoms. The van der Waals surface area contributed by atoms with E-state index in [-0.39, 0.29) is 11.6 Å². The number of ether oxygens (including phenoxy) is 1. The van der Waals surface area contributed by atoms with E-state index in [9.17, 15) is 9.59 Å². The van der Waals surface area contributed by atoms with Crippen molar-refractivity contribution in [3.63, 3.8) is 0 Å². The minimum absolute atomic E-state index is 0.240. The molecule has 0 atom stereocenters. The molecule has 1 heterocycles. The predicted octanol–water partition coefficient (Wildman–Crippen LogP) is 3.94. The Labute approximate surface area is 156 Å². The number of nitrogens with one attached hydrogen (secondary N) is 1. The largest absolute Gasteiger partial charge is 0.488 e. The third-order valence-electron chi connectivity index (χ3n) is 4.56. The molecule has 3 amide bonds. The fourth-order valence-electron chi connectivity index (χ4n) is 3.08. The van der Waals surface area contributed by atoms with Gasteiger partial charge in [-0.15, -0.1) is 0 Å². The lowest BCUT2D eigenvalue weighted by molar-refractivity contribution is -0.121. The van der Waals surface area contributed by atoms with Crippen LogP contribution in [0.2, 0.25) is 0 Å². The van der Waals surface area contributed by atoms with E-state index in [1.54, 1.807) is 6.08 Å². The van der Waals surface area contributed by atoms with Gasteiger partial charge in [-0.2, -0.15) is 0 Å². The zero-order chi connectivity index (χ0) is 18.8. The van der Waals surface area contributed by atoms with Crippen LogP contribution in [-0.4, -0.2) is 23.9 Å². The Morgan fingerprint density at radius 2 is 1.70 bits per heavy atom. The lowest BCUT2D eigenvalue weighted by Gasteiger charge is -2.11. The van der Waals surface area contributed by atoms with Gasteiger partial charge < -0.3 is 10.1 Å². The molecular weight excluding hydrogens is 340 g/mol. The molecule has 3 aromatic rings. The number of amides is 3. The molecule has 5 nitrogen and oxygen atoms in total. The molecule has 1 aliphatic heterocycles. The molecule has 5 heteroatoms. The van der Waals surface area contributed by atoms with Crippen LogP contribution in [-0.2, 0) is 11.4 Å². The average molecular weight is 358 g/mol. The smallest absolute Gasteiger partial charge is 0.328 e. The van der Waals surface area contributed by atoms with Gasteiger partial charge in [0.05, 0.1) is 0 Å². The van der Waals surface area contributed by atoms with Gasteiger partial charge in [0.25, 0.3) is 5.91 Å². The van der Waals surface area contributed by atoms with Crippen LogP contribution in [0.15, 0.2) is 72.4 Å². The van der Waals surface area contributed by atoms with E-state index in [1.807, 2.05) is 48.5 Å². The third kappa shape index (κ3) is 3.27. The third-order valence-corrected chi connectivity index (χ3v) is 4.56. The number of urea groups is 1. The summed E-state index contributed by atoms with van der Waals surface area (Å²) in [5.74, 6) is 0.290. The minimum atomic E-state index is -0.430. The molecule has 134 valence electrons. The Balaban J connectivity index is 1.61. The Morgan fingerprint density at radius 1 is 0.963 bits per heavy atom. The highest BCUT2D eigenvalue weighted by atomic mass is 16.5. The van der Waals surface area contributed by atoms with Crippen molar-refractivity contribution in [3.05, 3.63) is 83.6 Å². The summed E-state index contributed by atoms with van der Waals surface area (Å²) in [6.07, 6.45) is 1.64. The van der Waals surface area contributed by atoms with Crippen molar-refractivity contribution >= 4 is 28.8 Å². The van der Waals surface area contributed by atoms with Crippen molar-refractivity contribution < 1.29 is 14.3 Å². The normalized spacial score (nSPS) is 15.4. The highest BCUT2D eigenvalue weighted by Crippen LogP contribution is 2.25. The quantitative estimate of drug-likeness (QED) is 0.568. The zero-order valence-electron chi connectivity index (χ0n) is 14.8. The second kappa shape index (κ2) is 6.96. The van der Waals surface area contributed by atoms with Crippen molar-refractivity contribution in [2.75, 3.05) is 7.05 Å². The summed E-state index contributed by atoms with van der Waals surface area (Å²) in [5, 5.41) is 4.88. The van der Waals surface area contributed by atoms with Crippen LogP contribution in [0.3, 0.4) is 0 Å². The predicted molar refractivity (Wildman–Crippen MR) is 104 cm³/mol. The van der Waals surface area contributed by atoms with Crippen LogP contribution < -0.4 is 10.1 Å². The number of likely N-dealkylation sites (N-methyl/N-ethyl adjacent to an activating group) is 1. The summed E-state index contributed by atoms with van der Waals surface area (Å²) in [6, 6.07) is 21.3. The van der Waals surface area contributed by atoms with E-state index < -0.39 is 6.03 Å². The molecular formula is C22H18N2O3. The molecule has 0 unspecified atom stereocenters. The standard InChI is InChI=1S/C22H18N2O3/c1-24-21(25)19(23-22(24)26)13-16-8-3-5-12-20(16)27-14-17-10-6-9-15-7-2-4-11-18(15)17/h2-13H,14H2,1H3,(H,23,26)/b19-13+. The van der Waals surface area contributed by atoms with Gasteiger partial charge in [-0.05, 0) is 28.5 Å². The number of nitrogens with zero attached hydrogens (tertiary/aromatic N) is 1. The summed E-state index contributed by atoms with van der Waals surface area (Å²) >= 11 is 0. The molecule has 1 saturated heterocycles. The van der Waals surface area contributed by atoms with Gasteiger partial charge in [0.2, 0.25) is 0 Å². The monoisotopic (exact) mass is 358 g/mol. The van der Waals surface area contributed by atoms with Crippen molar-refractivity contribution in [3.8, 4) is 5.75 Å². The first-order chi connectivity index (χ1) is 13.1. The van der Waals surface area contributed by atoms with Crippen molar-refractivity contribution in [1.29, 1.82) is 0 Å². The Hall–Kier alpha value is -3.60. The lowest BCUT2D eigenvalue weighted by Crippen LogP contribution is -2.25. The van der Waals surface area contributed by atoms with Gasteiger partial charge in [0, 0.05) is 12.6 Å². The molecule has 0 aromatic heterocycles. The van der Waals surface area contributed by atoms with Gasteiger partial charge in [-0.1, -0.05) is 60.7 Å². The number of para-hydroxylation sites is 1. The molecule has 1 fully saturated rings. The summed E-state index contributed by atoms with van der Waals surface area (Å²) in [7, 11) is 1.45. The SMILES string of the molecule is CN1C(=O)N/C(=C/c2ccccc2OCc2cccc3ccccc23)C1=O. The molecule has 1 aliphatic rings. The van der Waals surface area contributed by atoms with Crippen LogP contribution in [0.25, 0.3) is 16.8 Å². The molecule has 0 aliphatic carbocycles. The topological polar surface area (TPSA) is 58.6 Å². The van der Waals surface area contributed by atoms with E-state index in [1.165, 1.54) is 7.05 Å². The molecule has 3 aromatic carbocycles. The number of benzene rings is 3. The Kier molecular flexibility index (Phi) is 4.34. The average Bonchev–Trinajstić information content (AvgIpc) is 2.94. The number of hydrogen-bond acceptors (Lipinski definition) is 3. The van der Waals surface area contributed by atoms with E-state index in [2.05, 4.69) is 23.5 Å².